The van der Waals surface area contributed by atoms with Crippen molar-refractivity contribution in [3.8, 4) is 0 Å². The van der Waals surface area contributed by atoms with Gasteiger partial charge >= 0.3 is 15.6 Å². The maximum absolute atomic E-state index is 11.1. The highest BCUT2D eigenvalue weighted by molar-refractivity contribution is 7.66. The van der Waals surface area contributed by atoms with Gasteiger partial charge in [-0.3, -0.25) is 0 Å². The molecule has 1 rings (SSSR count). The van der Waals surface area contributed by atoms with Crippen LogP contribution in [0, 0.1) is 0 Å². The number of rotatable bonds is 5. The van der Waals surface area contributed by atoms with Crippen LogP contribution in [0.25, 0.3) is 0 Å². The van der Waals surface area contributed by atoms with E-state index in [2.05, 4.69) is 8.62 Å². The van der Waals surface area contributed by atoms with Crippen molar-refractivity contribution >= 4 is 24.0 Å². The highest BCUT2D eigenvalue weighted by atomic mass is 31.3. The van der Waals surface area contributed by atoms with Crippen molar-refractivity contribution < 1.29 is 52.3 Å². The fourth-order valence-corrected chi connectivity index (χ4v) is 4.88. The average Bonchev–Trinajstić information content (AvgIpc) is 2.41. The molecule has 108 valence electrons. The third-order valence-corrected chi connectivity index (χ3v) is 6.08. The normalized spacial score (nSPS) is 36.6. The predicted octanol–water partition coefficient (Wildman–Crippen LogP) is -1.41. The molecule has 0 spiro atoms. The summed E-state index contributed by atoms with van der Waals surface area (Å²) < 4.78 is 33.9. The Morgan fingerprint density at radius 2 is 1.78 bits per heavy atom. The highest BCUT2D eigenvalue weighted by Crippen LogP contribution is 2.67. The van der Waals surface area contributed by atoms with Crippen molar-refractivity contribution in [1.82, 2.24) is 0 Å². The van der Waals surface area contributed by atoms with Crippen LogP contribution in [0.2, 0.25) is 0 Å². The fraction of sp³-hybridized carbons (Fsp3) is 1.00. The summed E-state index contributed by atoms with van der Waals surface area (Å²) >= 11 is 0. The van der Waals surface area contributed by atoms with Crippen LogP contribution in [0.15, 0.2) is 0 Å². The van der Waals surface area contributed by atoms with E-state index in [4.69, 9.17) is 24.3 Å². The Morgan fingerprint density at radius 1 is 1.22 bits per heavy atom. The topological polar surface area (TPSA) is 183 Å². The molecule has 1 fully saturated rings. The van der Waals surface area contributed by atoms with Gasteiger partial charge in [0.2, 0.25) is 8.38 Å². The van der Waals surface area contributed by atoms with Crippen LogP contribution in [0.1, 0.15) is 0 Å². The van der Waals surface area contributed by atoms with Crippen molar-refractivity contribution in [3.63, 3.8) is 0 Å². The number of phosphoric acid groups is 2. The van der Waals surface area contributed by atoms with E-state index in [-0.39, 0.29) is 0 Å². The first-order valence-electron chi connectivity index (χ1n) is 4.28. The highest BCUT2D eigenvalue weighted by Gasteiger charge is 2.48. The van der Waals surface area contributed by atoms with E-state index in [0.717, 1.165) is 0 Å². The van der Waals surface area contributed by atoms with Crippen molar-refractivity contribution in [2.24, 2.45) is 0 Å². The Hall–Kier alpha value is 0.530. The minimum Gasteiger partial charge on any atom is -0.394 e. The zero-order chi connectivity index (χ0) is 14.1. The molecule has 2 unspecified atom stereocenters. The lowest BCUT2D eigenvalue weighted by molar-refractivity contribution is -0.000991. The number of hydrogen-bond acceptors (Lipinski definition) is 8. The quantitative estimate of drug-likeness (QED) is 0.326. The Kier molecular flexibility index (Phi) is 5.42. The van der Waals surface area contributed by atoms with E-state index in [1.165, 1.54) is 0 Å². The van der Waals surface area contributed by atoms with E-state index < -0.39 is 48.7 Å². The lowest BCUT2D eigenvalue weighted by atomic mass is 10.2. The summed E-state index contributed by atoms with van der Waals surface area (Å²) in [5.41, 5.74) is 0. The standard InChI is InChI=1S/C4H11O11P3/c5-1-2-3(6)4(7)16(13-2)14-18(11,12)15-17(8,9)10/h2-7H,1H2,(H,11,12)(H2,8,9,10)/t2-,3-,4+,16?/m1/s1. The van der Waals surface area contributed by atoms with Gasteiger partial charge in [-0.2, -0.15) is 4.31 Å². The minimum absolute atomic E-state index is 0.685. The molecule has 0 radical (unpaired) electrons. The average molecular weight is 328 g/mol. The molecule has 6 N–H and O–H groups in total. The summed E-state index contributed by atoms with van der Waals surface area (Å²) in [4.78, 5) is 25.6. The lowest BCUT2D eigenvalue weighted by Crippen LogP contribution is -2.31. The van der Waals surface area contributed by atoms with Gasteiger partial charge in [-0.1, -0.05) is 0 Å². The molecule has 0 saturated carbocycles. The SMILES string of the molecule is O=P(O)(O)OP(=O)(O)OP1O[C@H](CO)[C@@H](O)[C@H]1O. The summed E-state index contributed by atoms with van der Waals surface area (Å²) in [6.45, 7) is -0.685. The summed E-state index contributed by atoms with van der Waals surface area (Å²) in [6, 6.07) is 0. The maximum Gasteiger partial charge on any atom is 0.486 e. The Balaban J connectivity index is 2.68. The van der Waals surface area contributed by atoms with Crippen molar-refractivity contribution in [2.75, 3.05) is 6.61 Å². The summed E-state index contributed by atoms with van der Waals surface area (Å²) in [5, 5.41) is 27.4. The molecule has 1 aliphatic rings. The van der Waals surface area contributed by atoms with Crippen LogP contribution in [0.4, 0.5) is 0 Å². The van der Waals surface area contributed by atoms with Crippen molar-refractivity contribution in [3.05, 3.63) is 0 Å². The second-order valence-electron chi connectivity index (χ2n) is 3.14. The Bertz CT molecular complexity index is 378. The minimum atomic E-state index is -5.28. The van der Waals surface area contributed by atoms with Gasteiger partial charge in [0.1, 0.15) is 12.2 Å². The smallest absolute Gasteiger partial charge is 0.394 e. The zero-order valence-electron chi connectivity index (χ0n) is 8.51. The molecule has 1 saturated heterocycles. The predicted molar refractivity (Wildman–Crippen MR) is 54.9 cm³/mol. The van der Waals surface area contributed by atoms with Gasteiger partial charge in [-0.15, -0.1) is 0 Å². The van der Waals surface area contributed by atoms with Crippen molar-refractivity contribution in [2.45, 2.75) is 18.1 Å². The van der Waals surface area contributed by atoms with E-state index >= 15 is 0 Å². The van der Waals surface area contributed by atoms with Crippen LogP contribution in [0.3, 0.4) is 0 Å². The van der Waals surface area contributed by atoms with Crippen LogP contribution in [-0.4, -0.2) is 54.7 Å². The third-order valence-electron chi connectivity index (χ3n) is 1.71. The first-order chi connectivity index (χ1) is 8.06. The molecule has 14 heteroatoms. The summed E-state index contributed by atoms with van der Waals surface area (Å²) in [7, 11) is -13.0. The largest absolute Gasteiger partial charge is 0.486 e. The van der Waals surface area contributed by atoms with Gasteiger partial charge in [0, 0.05) is 0 Å². The molecule has 11 nitrogen and oxygen atoms in total. The molecule has 5 atom stereocenters. The first-order valence-corrected chi connectivity index (χ1v) is 8.55. The van der Waals surface area contributed by atoms with E-state index in [1.807, 2.05) is 0 Å². The van der Waals surface area contributed by atoms with Gasteiger partial charge in [0.15, 0.2) is 5.85 Å². The second-order valence-corrected chi connectivity index (χ2v) is 7.67. The molecule has 1 aliphatic heterocycles. The molecule has 0 aromatic rings. The molecular weight excluding hydrogens is 317 g/mol. The van der Waals surface area contributed by atoms with E-state index in [0.29, 0.717) is 0 Å². The maximum atomic E-state index is 11.1. The molecule has 18 heavy (non-hydrogen) atoms. The van der Waals surface area contributed by atoms with E-state index in [9.17, 15) is 19.3 Å². The van der Waals surface area contributed by atoms with Crippen molar-refractivity contribution in [1.29, 1.82) is 0 Å². The van der Waals surface area contributed by atoms with Gasteiger partial charge < -0.3 is 34.5 Å². The number of aliphatic hydroxyl groups is 3. The Labute approximate surface area is 102 Å². The zero-order valence-corrected chi connectivity index (χ0v) is 11.2. The Morgan fingerprint density at radius 3 is 2.17 bits per heavy atom. The third kappa shape index (κ3) is 4.57. The van der Waals surface area contributed by atoms with Gasteiger partial charge in [-0.05, 0) is 0 Å². The monoisotopic (exact) mass is 328 g/mol. The molecular formula is C4H11O11P3. The van der Waals surface area contributed by atoms with Crippen LogP contribution in [-0.2, 0) is 22.3 Å². The molecule has 0 aromatic carbocycles. The molecule has 0 amide bonds. The first kappa shape index (κ1) is 16.6. The molecule has 0 aliphatic carbocycles. The van der Waals surface area contributed by atoms with Crippen LogP contribution in [0.5, 0.6) is 0 Å². The fourth-order valence-electron chi connectivity index (χ4n) is 1.03. The number of hydrogen-bond donors (Lipinski definition) is 6. The van der Waals surface area contributed by atoms with Gasteiger partial charge in [0.25, 0.3) is 0 Å². The second kappa shape index (κ2) is 5.88. The lowest BCUT2D eigenvalue weighted by Gasteiger charge is -2.17. The molecule has 0 bridgehead atoms. The van der Waals surface area contributed by atoms with E-state index in [1.54, 1.807) is 0 Å². The van der Waals surface area contributed by atoms with Crippen LogP contribution >= 0.6 is 24.0 Å². The van der Waals surface area contributed by atoms with Gasteiger partial charge in [-0.25, -0.2) is 13.4 Å². The van der Waals surface area contributed by atoms with Crippen LogP contribution < -0.4 is 0 Å². The van der Waals surface area contributed by atoms with Gasteiger partial charge in [0.05, 0.1) is 6.61 Å². The molecule has 1 heterocycles. The summed E-state index contributed by atoms with van der Waals surface area (Å²) in [6.07, 6.45) is -2.79. The molecule has 0 aromatic heterocycles. The number of aliphatic hydroxyl groups excluding tert-OH is 3. The summed E-state index contributed by atoms with van der Waals surface area (Å²) in [5.74, 6) is -1.72.